The molecule has 1 amide bonds. The van der Waals surface area contributed by atoms with E-state index in [0.29, 0.717) is 32.4 Å². The van der Waals surface area contributed by atoms with Crippen molar-refractivity contribution in [2.75, 3.05) is 46.0 Å². The summed E-state index contributed by atoms with van der Waals surface area (Å²) in [6.45, 7) is 10.1. The first-order valence-electron chi connectivity index (χ1n) is 16.6. The number of ether oxygens (including phenoxy) is 2. The quantitative estimate of drug-likeness (QED) is 0.0946. The molecule has 2 aromatic carbocycles. The van der Waals surface area contributed by atoms with E-state index >= 15 is 0 Å². The zero-order valence-electron chi connectivity index (χ0n) is 27.4. The molecule has 2 aliphatic heterocycles. The Hall–Kier alpha value is -4.21. The molecule has 248 valence electrons. The van der Waals surface area contributed by atoms with Crippen LogP contribution in [0.1, 0.15) is 48.5 Å². The Kier molecular flexibility index (Phi) is 10.5. The second-order valence-corrected chi connectivity index (χ2v) is 12.4. The molecule has 2 fully saturated rings. The number of carbonyl (C=O) groups excluding carboxylic acids is 1. The molecule has 2 saturated heterocycles. The summed E-state index contributed by atoms with van der Waals surface area (Å²) >= 11 is 0. The number of benzene rings is 2. The van der Waals surface area contributed by atoms with Crippen LogP contribution in [-0.2, 0) is 28.9 Å². The van der Waals surface area contributed by atoms with Crippen molar-refractivity contribution in [2.45, 2.75) is 64.6 Å². The van der Waals surface area contributed by atoms with Gasteiger partial charge in [-0.1, -0.05) is 23.4 Å². The zero-order chi connectivity index (χ0) is 32.6. The summed E-state index contributed by atoms with van der Waals surface area (Å²) < 4.78 is 19.3. The van der Waals surface area contributed by atoms with Crippen molar-refractivity contribution in [3.05, 3.63) is 65.3 Å². The lowest BCUT2D eigenvalue weighted by atomic mass is 10.0. The number of hydrogen-bond acceptors (Lipinski definition) is 9. The molecule has 47 heavy (non-hydrogen) atoms. The van der Waals surface area contributed by atoms with Crippen molar-refractivity contribution in [1.29, 1.82) is 0 Å². The zero-order valence-corrected chi connectivity index (χ0v) is 27.4. The van der Waals surface area contributed by atoms with E-state index in [0.717, 1.165) is 104 Å². The standard InChI is InChI=1S/C36H45N7O4/c1-4-5-15-36(40-41-36)16-14-34(44)37-17-22-46-30-10-6-28(7-11-30)8-13-33-38-31-25-29(35-26(2)39-47-27(35)3)9-12-32(31)43(33)19-18-42-20-23-45-24-21-42/h1,6-7,9-12,25,40-41H,5,8,13-24H2,2-3H3,(H,37,44). The second-order valence-electron chi connectivity index (χ2n) is 12.4. The fourth-order valence-electron chi connectivity index (χ4n) is 6.27. The number of aromatic nitrogens is 3. The number of nitrogens with one attached hydrogen (secondary N) is 3. The van der Waals surface area contributed by atoms with Gasteiger partial charge in [-0.15, -0.1) is 12.3 Å². The molecule has 0 spiro atoms. The highest BCUT2D eigenvalue weighted by Crippen LogP contribution is 2.30. The van der Waals surface area contributed by atoms with Crippen LogP contribution in [0.2, 0.25) is 0 Å². The van der Waals surface area contributed by atoms with Gasteiger partial charge in [0.15, 0.2) is 0 Å². The number of hydrazine groups is 1. The van der Waals surface area contributed by atoms with Crippen LogP contribution >= 0.6 is 0 Å². The van der Waals surface area contributed by atoms with E-state index in [1.54, 1.807) is 0 Å². The summed E-state index contributed by atoms with van der Waals surface area (Å²) in [5.41, 5.74) is 12.4. The van der Waals surface area contributed by atoms with Crippen LogP contribution in [0.5, 0.6) is 5.75 Å². The predicted octanol–water partition coefficient (Wildman–Crippen LogP) is 3.92. The van der Waals surface area contributed by atoms with Crippen LogP contribution in [-0.4, -0.2) is 77.2 Å². The minimum absolute atomic E-state index is 0.00966. The Morgan fingerprint density at radius 1 is 1.09 bits per heavy atom. The molecular formula is C36H45N7O4. The molecule has 0 saturated carbocycles. The Bertz CT molecular complexity index is 1680. The number of nitrogens with zero attached hydrogens (tertiary/aromatic N) is 4. The molecule has 4 heterocycles. The lowest BCUT2D eigenvalue weighted by molar-refractivity contribution is -0.121. The number of amides is 1. The molecule has 0 aliphatic carbocycles. The van der Waals surface area contributed by atoms with Crippen molar-refractivity contribution in [3.63, 3.8) is 0 Å². The van der Waals surface area contributed by atoms with Gasteiger partial charge in [-0.3, -0.25) is 9.69 Å². The van der Waals surface area contributed by atoms with E-state index in [1.165, 1.54) is 5.56 Å². The topological polar surface area (TPSA) is 139 Å². The summed E-state index contributed by atoms with van der Waals surface area (Å²) in [5, 5.41) is 7.08. The monoisotopic (exact) mass is 639 g/mol. The molecule has 0 unspecified atom stereocenters. The number of morpholine rings is 1. The van der Waals surface area contributed by atoms with Gasteiger partial charge in [-0.2, -0.15) is 0 Å². The van der Waals surface area contributed by atoms with Crippen LogP contribution in [0, 0.1) is 26.2 Å². The minimum Gasteiger partial charge on any atom is -0.492 e. The maximum Gasteiger partial charge on any atom is 0.220 e. The predicted molar refractivity (Wildman–Crippen MR) is 181 cm³/mol. The largest absolute Gasteiger partial charge is 0.492 e. The third kappa shape index (κ3) is 8.39. The molecule has 0 bridgehead atoms. The van der Waals surface area contributed by atoms with E-state index in [9.17, 15) is 4.79 Å². The van der Waals surface area contributed by atoms with Crippen LogP contribution in [0.25, 0.3) is 22.2 Å². The smallest absolute Gasteiger partial charge is 0.220 e. The third-order valence-corrected chi connectivity index (χ3v) is 9.10. The number of fused-ring (bicyclic) bond motifs is 1. The lowest BCUT2D eigenvalue weighted by Crippen LogP contribution is -2.38. The van der Waals surface area contributed by atoms with E-state index < -0.39 is 0 Å². The Labute approximate surface area is 276 Å². The summed E-state index contributed by atoms with van der Waals surface area (Å²) in [4.78, 5) is 19.9. The van der Waals surface area contributed by atoms with Crippen molar-refractivity contribution in [1.82, 2.24) is 35.8 Å². The van der Waals surface area contributed by atoms with Crippen LogP contribution < -0.4 is 20.9 Å². The van der Waals surface area contributed by atoms with Gasteiger partial charge >= 0.3 is 0 Å². The number of hydrogen-bond donors (Lipinski definition) is 3. The number of rotatable bonds is 16. The first-order valence-corrected chi connectivity index (χ1v) is 16.6. The van der Waals surface area contributed by atoms with Gasteiger partial charge in [-0.05, 0) is 68.5 Å². The SMILES string of the molecule is C#CCCC1(CCC(=O)NCCOc2ccc(CCc3nc4cc(-c5c(C)noc5C)ccc4n3CCN3CCOCC3)cc2)NN1. The highest BCUT2D eigenvalue weighted by Gasteiger charge is 2.40. The Morgan fingerprint density at radius 2 is 1.89 bits per heavy atom. The van der Waals surface area contributed by atoms with Gasteiger partial charge in [0, 0.05) is 51.0 Å². The molecule has 2 aliphatic rings. The fourth-order valence-corrected chi connectivity index (χ4v) is 6.27. The summed E-state index contributed by atoms with van der Waals surface area (Å²) in [7, 11) is 0. The van der Waals surface area contributed by atoms with Gasteiger partial charge in [0.2, 0.25) is 5.91 Å². The molecular weight excluding hydrogens is 594 g/mol. The molecule has 4 aromatic rings. The number of aryl methyl sites for hydroxylation is 4. The van der Waals surface area contributed by atoms with E-state index in [-0.39, 0.29) is 11.6 Å². The van der Waals surface area contributed by atoms with Gasteiger partial charge in [0.05, 0.1) is 42.1 Å². The second kappa shape index (κ2) is 15.1. The van der Waals surface area contributed by atoms with Gasteiger partial charge in [0.25, 0.3) is 0 Å². The van der Waals surface area contributed by atoms with Crippen molar-refractivity contribution < 1.29 is 18.8 Å². The van der Waals surface area contributed by atoms with Crippen molar-refractivity contribution >= 4 is 16.9 Å². The Balaban J connectivity index is 1.03. The Morgan fingerprint density at radius 3 is 2.62 bits per heavy atom. The molecule has 0 atom stereocenters. The van der Waals surface area contributed by atoms with Crippen LogP contribution in [0.15, 0.2) is 47.0 Å². The van der Waals surface area contributed by atoms with E-state index in [1.807, 2.05) is 26.0 Å². The molecule has 0 radical (unpaired) electrons. The fraction of sp³-hybridized carbons (Fsp3) is 0.472. The number of terminal acetylenes is 1. The normalized spacial score (nSPS) is 15.9. The third-order valence-electron chi connectivity index (χ3n) is 9.10. The van der Waals surface area contributed by atoms with E-state index in [2.05, 4.69) is 67.0 Å². The first kappa shape index (κ1) is 32.7. The van der Waals surface area contributed by atoms with Crippen molar-refractivity contribution in [2.24, 2.45) is 0 Å². The molecule has 6 rings (SSSR count). The molecule has 11 heteroatoms. The van der Waals surface area contributed by atoms with Crippen LogP contribution in [0.3, 0.4) is 0 Å². The lowest BCUT2D eigenvalue weighted by Gasteiger charge is -2.27. The molecule has 2 aromatic heterocycles. The van der Waals surface area contributed by atoms with Crippen LogP contribution in [0.4, 0.5) is 0 Å². The highest BCUT2D eigenvalue weighted by molar-refractivity contribution is 5.83. The average Bonchev–Trinajstić information content (AvgIpc) is 3.67. The van der Waals surface area contributed by atoms with Crippen molar-refractivity contribution in [3.8, 4) is 29.2 Å². The molecule has 3 N–H and O–H groups in total. The summed E-state index contributed by atoms with van der Waals surface area (Å²) in [6, 6.07) is 14.7. The number of carbonyl (C=O) groups is 1. The highest BCUT2D eigenvalue weighted by atomic mass is 16.5. The summed E-state index contributed by atoms with van der Waals surface area (Å²) in [6.07, 6.45) is 9.67. The average molecular weight is 640 g/mol. The van der Waals surface area contributed by atoms with Gasteiger partial charge in [0.1, 0.15) is 23.9 Å². The van der Waals surface area contributed by atoms with E-state index in [4.69, 9.17) is 25.4 Å². The minimum atomic E-state index is -0.183. The van der Waals surface area contributed by atoms with Gasteiger partial charge in [-0.25, -0.2) is 15.8 Å². The maximum atomic E-state index is 12.3. The number of imidazole rings is 1. The summed E-state index contributed by atoms with van der Waals surface area (Å²) in [5.74, 6) is 5.34. The first-order chi connectivity index (χ1) is 22.9. The maximum absolute atomic E-state index is 12.3. The van der Waals surface area contributed by atoms with Gasteiger partial charge < -0.3 is 23.9 Å². The molecule has 11 nitrogen and oxygen atoms in total.